The maximum absolute atomic E-state index is 5.33. The summed E-state index contributed by atoms with van der Waals surface area (Å²) in [5.74, 6) is 2.53. The van der Waals surface area contributed by atoms with Crippen molar-refractivity contribution in [2.24, 2.45) is 11.8 Å². The molecule has 0 bridgehead atoms. The lowest BCUT2D eigenvalue weighted by atomic mass is 9.80. The number of nitrogens with one attached hydrogen (secondary N) is 1. The Labute approximate surface area is 118 Å². The number of hydrogen-bond donors (Lipinski definition) is 1. The molecule has 1 aliphatic rings. The van der Waals surface area contributed by atoms with E-state index in [1.165, 1.54) is 19.3 Å². The number of ether oxygens (including phenoxy) is 1. The van der Waals surface area contributed by atoms with Crippen LogP contribution < -0.4 is 10.1 Å². The van der Waals surface area contributed by atoms with Crippen LogP contribution in [0.15, 0.2) is 22.7 Å². The zero-order valence-electron chi connectivity index (χ0n) is 11.4. The van der Waals surface area contributed by atoms with Crippen LogP contribution in [0, 0.1) is 11.8 Å². The van der Waals surface area contributed by atoms with Gasteiger partial charge in [0.1, 0.15) is 5.75 Å². The predicted octanol–water partition coefficient (Wildman–Crippen LogP) is 4.69. The molecule has 1 aromatic carbocycles. The highest BCUT2D eigenvalue weighted by atomic mass is 79.9. The van der Waals surface area contributed by atoms with E-state index in [0.29, 0.717) is 6.04 Å². The largest absolute Gasteiger partial charge is 0.495 e. The minimum absolute atomic E-state index is 0.592. The Morgan fingerprint density at radius 1 is 1.17 bits per heavy atom. The highest BCUT2D eigenvalue weighted by Gasteiger charge is 2.23. The first-order chi connectivity index (χ1) is 8.58. The van der Waals surface area contributed by atoms with Crippen LogP contribution in [0.1, 0.15) is 33.1 Å². The number of anilines is 1. The maximum atomic E-state index is 5.33. The van der Waals surface area contributed by atoms with Gasteiger partial charge in [0.25, 0.3) is 0 Å². The molecule has 0 aliphatic heterocycles. The van der Waals surface area contributed by atoms with E-state index in [9.17, 15) is 0 Å². The van der Waals surface area contributed by atoms with Gasteiger partial charge in [0, 0.05) is 17.8 Å². The van der Waals surface area contributed by atoms with Gasteiger partial charge in [0.05, 0.1) is 11.6 Å². The molecule has 1 aromatic rings. The summed E-state index contributed by atoms with van der Waals surface area (Å²) in [5, 5.41) is 3.64. The molecule has 0 spiro atoms. The van der Waals surface area contributed by atoms with Gasteiger partial charge in [-0.2, -0.15) is 0 Å². The van der Waals surface area contributed by atoms with Crippen LogP contribution in [0.25, 0.3) is 0 Å². The molecule has 0 heterocycles. The summed E-state index contributed by atoms with van der Waals surface area (Å²) >= 11 is 3.48. The molecule has 3 heteroatoms. The summed E-state index contributed by atoms with van der Waals surface area (Å²) in [7, 11) is 1.70. The van der Waals surface area contributed by atoms with Crippen molar-refractivity contribution >= 4 is 21.6 Å². The number of benzene rings is 1. The second-order valence-corrected chi connectivity index (χ2v) is 6.46. The molecule has 0 saturated heterocycles. The summed E-state index contributed by atoms with van der Waals surface area (Å²) in [5.41, 5.74) is 1.15. The molecular weight excluding hydrogens is 290 g/mol. The fourth-order valence-electron chi connectivity index (χ4n) is 3.05. The van der Waals surface area contributed by atoms with Crippen LogP contribution in [0.5, 0.6) is 5.75 Å². The number of rotatable bonds is 3. The lowest BCUT2D eigenvalue weighted by molar-refractivity contribution is 0.281. The van der Waals surface area contributed by atoms with Gasteiger partial charge in [0.15, 0.2) is 0 Å². The Morgan fingerprint density at radius 2 is 1.83 bits per heavy atom. The maximum Gasteiger partial charge on any atom is 0.135 e. The van der Waals surface area contributed by atoms with Crippen molar-refractivity contribution in [2.75, 3.05) is 12.4 Å². The molecule has 0 amide bonds. The molecule has 1 aliphatic carbocycles. The molecule has 1 saturated carbocycles. The molecular formula is C15H22BrNO. The van der Waals surface area contributed by atoms with Crippen molar-refractivity contribution in [2.45, 2.75) is 39.2 Å². The smallest absolute Gasteiger partial charge is 0.135 e. The fourth-order valence-corrected chi connectivity index (χ4v) is 3.46. The first-order valence-corrected chi connectivity index (χ1v) is 7.48. The second kappa shape index (κ2) is 5.96. The normalized spacial score (nSPS) is 27.9. The van der Waals surface area contributed by atoms with Crippen LogP contribution in [0.3, 0.4) is 0 Å². The predicted molar refractivity (Wildman–Crippen MR) is 80.3 cm³/mol. The Bertz CT molecular complexity index is 397. The topological polar surface area (TPSA) is 21.3 Å². The van der Waals surface area contributed by atoms with Crippen molar-refractivity contribution in [1.29, 1.82) is 0 Å². The standard InChI is InChI=1S/C15H22BrNO/c1-10-6-11(2)8-13(7-10)17-12-4-5-14(16)15(9-12)18-3/h4-5,9-11,13,17H,6-8H2,1-3H3. The third-order valence-corrected chi connectivity index (χ3v) is 4.36. The van der Waals surface area contributed by atoms with Crippen molar-refractivity contribution in [3.63, 3.8) is 0 Å². The van der Waals surface area contributed by atoms with E-state index in [0.717, 1.165) is 27.7 Å². The third kappa shape index (κ3) is 3.41. The van der Waals surface area contributed by atoms with Gasteiger partial charge in [0.2, 0.25) is 0 Å². The Hall–Kier alpha value is -0.700. The van der Waals surface area contributed by atoms with Gasteiger partial charge in [-0.3, -0.25) is 0 Å². The second-order valence-electron chi connectivity index (χ2n) is 5.61. The van der Waals surface area contributed by atoms with E-state index >= 15 is 0 Å². The average Bonchev–Trinajstić information content (AvgIpc) is 2.30. The highest BCUT2D eigenvalue weighted by molar-refractivity contribution is 9.10. The number of halogens is 1. The van der Waals surface area contributed by atoms with Gasteiger partial charge in [-0.15, -0.1) is 0 Å². The summed E-state index contributed by atoms with van der Waals surface area (Å²) in [6, 6.07) is 6.80. The van der Waals surface area contributed by atoms with Gasteiger partial charge in [-0.05, 0) is 59.2 Å². The van der Waals surface area contributed by atoms with Gasteiger partial charge < -0.3 is 10.1 Å². The number of hydrogen-bond acceptors (Lipinski definition) is 2. The first-order valence-electron chi connectivity index (χ1n) is 6.68. The molecule has 1 fully saturated rings. The molecule has 0 aromatic heterocycles. The zero-order valence-corrected chi connectivity index (χ0v) is 13.0. The van der Waals surface area contributed by atoms with Crippen LogP contribution in [0.4, 0.5) is 5.69 Å². The monoisotopic (exact) mass is 311 g/mol. The van der Waals surface area contributed by atoms with Crippen LogP contribution in [0.2, 0.25) is 0 Å². The van der Waals surface area contributed by atoms with E-state index < -0.39 is 0 Å². The summed E-state index contributed by atoms with van der Waals surface area (Å²) in [6.07, 6.45) is 3.90. The molecule has 2 nitrogen and oxygen atoms in total. The Kier molecular flexibility index (Phi) is 4.55. The van der Waals surface area contributed by atoms with Gasteiger partial charge >= 0.3 is 0 Å². The fraction of sp³-hybridized carbons (Fsp3) is 0.600. The van der Waals surface area contributed by atoms with E-state index in [1.807, 2.05) is 6.07 Å². The third-order valence-electron chi connectivity index (χ3n) is 3.70. The van der Waals surface area contributed by atoms with E-state index in [2.05, 4.69) is 47.2 Å². The van der Waals surface area contributed by atoms with Crippen LogP contribution in [-0.2, 0) is 0 Å². The lowest BCUT2D eigenvalue weighted by Crippen LogP contribution is -2.30. The molecule has 18 heavy (non-hydrogen) atoms. The lowest BCUT2D eigenvalue weighted by Gasteiger charge is -2.32. The van der Waals surface area contributed by atoms with Crippen LogP contribution in [-0.4, -0.2) is 13.2 Å². The molecule has 1 N–H and O–H groups in total. The molecule has 2 rings (SSSR count). The van der Waals surface area contributed by atoms with E-state index in [1.54, 1.807) is 7.11 Å². The minimum Gasteiger partial charge on any atom is -0.495 e. The van der Waals surface area contributed by atoms with Crippen molar-refractivity contribution < 1.29 is 4.74 Å². The zero-order chi connectivity index (χ0) is 13.1. The van der Waals surface area contributed by atoms with E-state index in [4.69, 9.17) is 4.74 Å². The minimum atomic E-state index is 0.592. The van der Waals surface area contributed by atoms with Crippen molar-refractivity contribution in [1.82, 2.24) is 0 Å². The number of methoxy groups -OCH3 is 1. The summed E-state index contributed by atoms with van der Waals surface area (Å²) < 4.78 is 6.33. The molecule has 2 atom stereocenters. The average molecular weight is 312 g/mol. The quantitative estimate of drug-likeness (QED) is 0.874. The van der Waals surface area contributed by atoms with E-state index in [-0.39, 0.29) is 0 Å². The molecule has 2 unspecified atom stereocenters. The van der Waals surface area contributed by atoms with Crippen molar-refractivity contribution in [3.8, 4) is 5.75 Å². The summed E-state index contributed by atoms with van der Waals surface area (Å²) in [6.45, 7) is 4.71. The van der Waals surface area contributed by atoms with Gasteiger partial charge in [-0.25, -0.2) is 0 Å². The Morgan fingerprint density at radius 3 is 2.44 bits per heavy atom. The first kappa shape index (κ1) is 13.7. The van der Waals surface area contributed by atoms with Crippen molar-refractivity contribution in [3.05, 3.63) is 22.7 Å². The summed E-state index contributed by atoms with van der Waals surface area (Å²) in [4.78, 5) is 0. The van der Waals surface area contributed by atoms with Crippen LogP contribution >= 0.6 is 15.9 Å². The Balaban J connectivity index is 2.04. The molecule has 100 valence electrons. The van der Waals surface area contributed by atoms with Gasteiger partial charge in [-0.1, -0.05) is 13.8 Å². The SMILES string of the molecule is COc1cc(NC2CC(C)CC(C)C2)ccc1Br. The molecule has 0 radical (unpaired) electrons. The highest BCUT2D eigenvalue weighted by Crippen LogP contribution is 2.32.